The minimum absolute atomic E-state index is 0.430. The van der Waals surface area contributed by atoms with E-state index in [-0.39, 0.29) is 0 Å². The second kappa shape index (κ2) is 5.42. The average molecular weight is 251 g/mol. The molecular formula is C13H21N3O2. The zero-order valence-electron chi connectivity index (χ0n) is 11.3. The number of anilines is 1. The van der Waals surface area contributed by atoms with Crippen LogP contribution in [-0.2, 0) is 0 Å². The fourth-order valence-corrected chi connectivity index (χ4v) is 2.29. The molecule has 0 aromatic carbocycles. The molecule has 0 radical (unpaired) electrons. The van der Waals surface area contributed by atoms with Crippen molar-refractivity contribution in [1.82, 2.24) is 9.97 Å². The predicted octanol–water partition coefficient (Wildman–Crippen LogP) is 2.49. The third-order valence-corrected chi connectivity index (χ3v) is 3.88. The number of hydrogen-bond acceptors (Lipinski definition) is 5. The van der Waals surface area contributed by atoms with Crippen LogP contribution in [0.5, 0.6) is 11.8 Å². The SMILES string of the molecule is CCC1(CNc2nc(OC)cc(OC)n2)CCC1. The fourth-order valence-electron chi connectivity index (χ4n) is 2.29. The van der Waals surface area contributed by atoms with Gasteiger partial charge in [0.25, 0.3) is 0 Å². The highest BCUT2D eigenvalue weighted by Gasteiger charge is 2.34. The van der Waals surface area contributed by atoms with Crippen LogP contribution in [0.2, 0.25) is 0 Å². The molecule has 0 atom stereocenters. The van der Waals surface area contributed by atoms with Gasteiger partial charge in [-0.3, -0.25) is 0 Å². The first-order valence-electron chi connectivity index (χ1n) is 6.42. The molecule has 1 aromatic heterocycles. The zero-order chi connectivity index (χ0) is 13.0. The summed E-state index contributed by atoms with van der Waals surface area (Å²) in [4.78, 5) is 8.54. The Balaban J connectivity index is 2.04. The van der Waals surface area contributed by atoms with E-state index in [1.54, 1.807) is 20.3 Å². The van der Waals surface area contributed by atoms with E-state index in [9.17, 15) is 0 Å². The van der Waals surface area contributed by atoms with Crippen LogP contribution >= 0.6 is 0 Å². The summed E-state index contributed by atoms with van der Waals surface area (Å²) in [5.41, 5.74) is 0.430. The lowest BCUT2D eigenvalue weighted by atomic mass is 9.67. The molecule has 0 bridgehead atoms. The topological polar surface area (TPSA) is 56.3 Å². The van der Waals surface area contributed by atoms with Crippen molar-refractivity contribution in [2.45, 2.75) is 32.6 Å². The Bertz CT molecular complexity index is 377. The largest absolute Gasteiger partial charge is 0.481 e. The number of methoxy groups -OCH3 is 2. The summed E-state index contributed by atoms with van der Waals surface area (Å²) in [7, 11) is 3.18. The molecule has 1 N–H and O–H groups in total. The van der Waals surface area contributed by atoms with E-state index in [0.29, 0.717) is 23.1 Å². The van der Waals surface area contributed by atoms with Crippen LogP contribution in [0.15, 0.2) is 6.07 Å². The van der Waals surface area contributed by atoms with Crippen LogP contribution < -0.4 is 14.8 Å². The number of hydrogen-bond donors (Lipinski definition) is 1. The normalized spacial score (nSPS) is 16.8. The summed E-state index contributed by atoms with van der Waals surface area (Å²) in [6.45, 7) is 3.16. The Kier molecular flexibility index (Phi) is 3.89. The van der Waals surface area contributed by atoms with Crippen molar-refractivity contribution in [3.63, 3.8) is 0 Å². The molecule has 1 fully saturated rings. The summed E-state index contributed by atoms with van der Waals surface area (Å²) in [5.74, 6) is 1.61. The van der Waals surface area contributed by atoms with Crippen LogP contribution in [0.3, 0.4) is 0 Å². The Hall–Kier alpha value is -1.52. The van der Waals surface area contributed by atoms with Gasteiger partial charge in [0.15, 0.2) is 0 Å². The quantitative estimate of drug-likeness (QED) is 0.841. The van der Waals surface area contributed by atoms with Gasteiger partial charge in [-0.05, 0) is 24.7 Å². The van der Waals surface area contributed by atoms with Crippen LogP contribution in [-0.4, -0.2) is 30.7 Å². The second-order valence-electron chi connectivity index (χ2n) is 4.84. The van der Waals surface area contributed by atoms with Gasteiger partial charge in [0.2, 0.25) is 17.7 Å². The number of aromatic nitrogens is 2. The van der Waals surface area contributed by atoms with Gasteiger partial charge in [-0.15, -0.1) is 0 Å². The van der Waals surface area contributed by atoms with E-state index < -0.39 is 0 Å². The molecule has 0 spiro atoms. The molecule has 2 rings (SSSR count). The Morgan fingerprint density at radius 3 is 2.22 bits per heavy atom. The van der Waals surface area contributed by atoms with E-state index >= 15 is 0 Å². The highest BCUT2D eigenvalue weighted by atomic mass is 16.5. The molecule has 0 saturated heterocycles. The lowest BCUT2D eigenvalue weighted by molar-refractivity contribution is 0.144. The molecule has 1 heterocycles. The van der Waals surface area contributed by atoms with E-state index in [2.05, 4.69) is 22.2 Å². The van der Waals surface area contributed by atoms with Crippen molar-refractivity contribution >= 4 is 5.95 Å². The Morgan fingerprint density at radius 2 is 1.83 bits per heavy atom. The standard InChI is InChI=1S/C13H21N3O2/c1-4-13(6-5-7-13)9-14-12-15-10(17-2)8-11(16-12)18-3/h8H,4-7,9H2,1-3H3,(H,14,15,16). The monoisotopic (exact) mass is 251 g/mol. The number of nitrogens with one attached hydrogen (secondary N) is 1. The van der Waals surface area contributed by atoms with Gasteiger partial charge < -0.3 is 14.8 Å². The lowest BCUT2D eigenvalue weighted by Gasteiger charge is -2.41. The van der Waals surface area contributed by atoms with E-state index in [0.717, 1.165) is 6.54 Å². The molecule has 0 unspecified atom stereocenters. The Labute approximate surface area is 108 Å². The van der Waals surface area contributed by atoms with Crippen molar-refractivity contribution in [1.29, 1.82) is 0 Å². The maximum Gasteiger partial charge on any atom is 0.229 e. The maximum absolute atomic E-state index is 5.12. The van der Waals surface area contributed by atoms with E-state index in [1.807, 2.05) is 0 Å². The van der Waals surface area contributed by atoms with E-state index in [1.165, 1.54) is 25.7 Å². The number of ether oxygens (including phenoxy) is 2. The van der Waals surface area contributed by atoms with Crippen LogP contribution in [0.25, 0.3) is 0 Å². The molecule has 1 saturated carbocycles. The third kappa shape index (κ3) is 2.66. The first-order valence-corrected chi connectivity index (χ1v) is 6.42. The van der Waals surface area contributed by atoms with Gasteiger partial charge in [0.05, 0.1) is 20.3 Å². The summed E-state index contributed by atoms with van der Waals surface area (Å²) in [6, 6.07) is 1.67. The minimum atomic E-state index is 0.430. The Morgan fingerprint density at radius 1 is 1.22 bits per heavy atom. The van der Waals surface area contributed by atoms with Crippen LogP contribution in [0, 0.1) is 5.41 Å². The van der Waals surface area contributed by atoms with Gasteiger partial charge in [-0.25, -0.2) is 0 Å². The molecular weight excluding hydrogens is 230 g/mol. The molecule has 0 amide bonds. The van der Waals surface area contributed by atoms with Gasteiger partial charge in [0.1, 0.15) is 0 Å². The molecule has 1 aromatic rings. The highest BCUT2D eigenvalue weighted by molar-refractivity contribution is 5.34. The highest BCUT2D eigenvalue weighted by Crippen LogP contribution is 2.43. The molecule has 1 aliphatic rings. The smallest absolute Gasteiger partial charge is 0.229 e. The van der Waals surface area contributed by atoms with Crippen molar-refractivity contribution in [2.24, 2.45) is 5.41 Å². The minimum Gasteiger partial charge on any atom is -0.481 e. The summed E-state index contributed by atoms with van der Waals surface area (Å²) >= 11 is 0. The van der Waals surface area contributed by atoms with Crippen molar-refractivity contribution in [3.05, 3.63) is 6.07 Å². The lowest BCUT2D eigenvalue weighted by Crippen LogP contribution is -2.36. The van der Waals surface area contributed by atoms with Crippen LogP contribution in [0.1, 0.15) is 32.6 Å². The number of rotatable bonds is 6. The summed E-state index contributed by atoms with van der Waals surface area (Å²) in [5, 5.41) is 3.31. The maximum atomic E-state index is 5.12. The van der Waals surface area contributed by atoms with E-state index in [4.69, 9.17) is 9.47 Å². The molecule has 18 heavy (non-hydrogen) atoms. The van der Waals surface area contributed by atoms with Gasteiger partial charge >= 0.3 is 0 Å². The predicted molar refractivity (Wildman–Crippen MR) is 70.2 cm³/mol. The second-order valence-corrected chi connectivity index (χ2v) is 4.84. The number of nitrogens with zero attached hydrogens (tertiary/aromatic N) is 2. The van der Waals surface area contributed by atoms with Gasteiger partial charge in [-0.1, -0.05) is 13.3 Å². The summed E-state index contributed by atoms with van der Waals surface area (Å²) in [6.07, 6.45) is 5.11. The average Bonchev–Trinajstić information content (AvgIpc) is 2.37. The van der Waals surface area contributed by atoms with Crippen molar-refractivity contribution < 1.29 is 9.47 Å². The first kappa shape index (κ1) is 12.9. The zero-order valence-corrected chi connectivity index (χ0v) is 11.3. The van der Waals surface area contributed by atoms with Gasteiger partial charge in [0, 0.05) is 6.54 Å². The van der Waals surface area contributed by atoms with Gasteiger partial charge in [-0.2, -0.15) is 9.97 Å². The molecule has 100 valence electrons. The first-order chi connectivity index (χ1) is 8.71. The molecule has 5 nitrogen and oxygen atoms in total. The third-order valence-electron chi connectivity index (χ3n) is 3.88. The molecule has 1 aliphatic carbocycles. The summed E-state index contributed by atoms with van der Waals surface area (Å²) < 4.78 is 10.2. The molecule has 0 aliphatic heterocycles. The van der Waals surface area contributed by atoms with Crippen molar-refractivity contribution in [3.8, 4) is 11.8 Å². The molecule has 5 heteroatoms. The fraction of sp³-hybridized carbons (Fsp3) is 0.692. The van der Waals surface area contributed by atoms with Crippen molar-refractivity contribution in [2.75, 3.05) is 26.1 Å². The van der Waals surface area contributed by atoms with Crippen LogP contribution in [0.4, 0.5) is 5.95 Å².